The average molecular weight is 415 g/mol. The van der Waals surface area contributed by atoms with Gasteiger partial charge in [0.1, 0.15) is 5.69 Å². The van der Waals surface area contributed by atoms with Gasteiger partial charge in [-0.2, -0.15) is 0 Å². The first-order chi connectivity index (χ1) is 14.9. The van der Waals surface area contributed by atoms with Crippen LogP contribution in [0.15, 0.2) is 48.5 Å². The molecule has 2 aromatic carbocycles. The summed E-state index contributed by atoms with van der Waals surface area (Å²) in [6.07, 6.45) is 0.845. The number of carbonyl (C=O) groups is 2. The number of fused-ring (bicyclic) bond motifs is 4. The molecule has 7 heteroatoms. The quantitative estimate of drug-likeness (QED) is 0.516. The number of amides is 2. The van der Waals surface area contributed by atoms with E-state index in [2.05, 4.69) is 36.4 Å². The minimum absolute atomic E-state index is 0.0720. The maximum Gasteiger partial charge on any atom is 0.267 e. The van der Waals surface area contributed by atoms with E-state index in [1.165, 1.54) is 0 Å². The number of carbonyl (C=O) groups excluding carboxylic acids is 2. The molecule has 0 spiro atoms. The van der Waals surface area contributed by atoms with Crippen LogP contribution in [0.5, 0.6) is 0 Å². The molecule has 0 saturated heterocycles. The number of anilines is 1. The van der Waals surface area contributed by atoms with E-state index in [-0.39, 0.29) is 23.9 Å². The molecule has 0 bridgehead atoms. The van der Waals surface area contributed by atoms with E-state index in [0.29, 0.717) is 23.8 Å². The molecule has 0 aliphatic carbocycles. The van der Waals surface area contributed by atoms with Crippen molar-refractivity contribution in [3.8, 4) is 0 Å². The molecule has 0 unspecified atom stereocenters. The smallest absolute Gasteiger partial charge is 0.267 e. The highest BCUT2D eigenvalue weighted by Gasteiger charge is 2.23. The molecule has 1 aliphatic rings. The molecule has 4 aromatic rings. The third-order valence-corrected chi connectivity index (χ3v) is 5.96. The minimum atomic E-state index is -0.222. The van der Waals surface area contributed by atoms with Crippen molar-refractivity contribution in [2.45, 2.75) is 39.3 Å². The minimum Gasteiger partial charge on any atom is -0.351 e. The van der Waals surface area contributed by atoms with Crippen molar-refractivity contribution in [2.75, 3.05) is 11.9 Å². The third kappa shape index (κ3) is 3.17. The summed E-state index contributed by atoms with van der Waals surface area (Å²) >= 11 is 0. The van der Waals surface area contributed by atoms with Gasteiger partial charge in [-0.15, -0.1) is 0 Å². The van der Waals surface area contributed by atoms with Crippen LogP contribution in [-0.4, -0.2) is 32.5 Å². The highest BCUT2D eigenvalue weighted by molar-refractivity contribution is 6.07. The van der Waals surface area contributed by atoms with Crippen molar-refractivity contribution in [1.82, 2.24) is 19.4 Å². The molecule has 158 valence electrons. The van der Waals surface area contributed by atoms with Gasteiger partial charge in [0.25, 0.3) is 11.8 Å². The Hall–Kier alpha value is -3.61. The summed E-state index contributed by atoms with van der Waals surface area (Å²) in [5, 5.41) is 6.88. The van der Waals surface area contributed by atoms with Gasteiger partial charge in [-0.25, -0.2) is 4.98 Å². The molecule has 0 radical (unpaired) electrons. The van der Waals surface area contributed by atoms with Crippen molar-refractivity contribution in [1.29, 1.82) is 0 Å². The molecule has 0 saturated carbocycles. The van der Waals surface area contributed by atoms with Crippen LogP contribution in [0.1, 0.15) is 60.1 Å². The van der Waals surface area contributed by atoms with E-state index < -0.39 is 0 Å². The Morgan fingerprint density at radius 3 is 2.77 bits per heavy atom. The van der Waals surface area contributed by atoms with Crippen molar-refractivity contribution in [3.05, 3.63) is 59.8 Å². The summed E-state index contributed by atoms with van der Waals surface area (Å²) in [5.41, 5.74) is 3.90. The van der Waals surface area contributed by atoms with Crippen LogP contribution in [0.2, 0.25) is 0 Å². The van der Waals surface area contributed by atoms with Crippen molar-refractivity contribution >= 4 is 39.7 Å². The van der Waals surface area contributed by atoms with Crippen LogP contribution >= 0.6 is 0 Å². The zero-order valence-corrected chi connectivity index (χ0v) is 17.8. The van der Waals surface area contributed by atoms with Gasteiger partial charge in [-0.05, 0) is 57.5 Å². The average Bonchev–Trinajstić information content (AvgIpc) is 3.27. The maximum atomic E-state index is 13.2. The van der Waals surface area contributed by atoms with Crippen molar-refractivity contribution < 1.29 is 9.59 Å². The van der Waals surface area contributed by atoms with Gasteiger partial charge in [-0.1, -0.05) is 18.2 Å². The van der Waals surface area contributed by atoms with Gasteiger partial charge in [0.05, 0.1) is 11.0 Å². The number of benzene rings is 2. The van der Waals surface area contributed by atoms with Gasteiger partial charge in [0.2, 0.25) is 5.95 Å². The Morgan fingerprint density at radius 2 is 1.97 bits per heavy atom. The molecule has 3 heterocycles. The molecule has 0 fully saturated rings. The first kappa shape index (κ1) is 19.4. The maximum absolute atomic E-state index is 13.2. The molecule has 2 N–H and O–H groups in total. The Morgan fingerprint density at radius 1 is 1.16 bits per heavy atom. The molecule has 1 atom stereocenters. The fraction of sp³-hybridized carbons (Fsp3) is 0.292. The molecule has 31 heavy (non-hydrogen) atoms. The monoisotopic (exact) mass is 415 g/mol. The highest BCUT2D eigenvalue weighted by Crippen LogP contribution is 2.29. The fourth-order valence-electron chi connectivity index (χ4n) is 4.46. The zero-order chi connectivity index (χ0) is 21.7. The summed E-state index contributed by atoms with van der Waals surface area (Å²) in [4.78, 5) is 30.2. The van der Waals surface area contributed by atoms with Crippen LogP contribution in [0.4, 0.5) is 5.95 Å². The predicted octanol–water partition coefficient (Wildman–Crippen LogP) is 4.52. The fourth-order valence-corrected chi connectivity index (χ4v) is 4.46. The third-order valence-electron chi connectivity index (χ3n) is 5.96. The SMILES string of the molecule is CC(C)n1c(NC(=O)c2ccc3cc4n(c3c2)[C@H](C)CCNC4=O)nc2ccccc21. The Bertz CT molecular complexity index is 1330. The lowest BCUT2D eigenvalue weighted by Gasteiger charge is -2.15. The second-order valence-corrected chi connectivity index (χ2v) is 8.41. The molecule has 5 rings (SSSR count). The summed E-state index contributed by atoms with van der Waals surface area (Å²) < 4.78 is 4.07. The number of hydrogen-bond donors (Lipinski definition) is 2. The van der Waals surface area contributed by atoms with Crippen LogP contribution in [0, 0.1) is 0 Å². The number of imidazole rings is 1. The first-order valence-corrected chi connectivity index (χ1v) is 10.7. The number of nitrogens with zero attached hydrogens (tertiary/aromatic N) is 3. The van der Waals surface area contributed by atoms with E-state index in [1.54, 1.807) is 6.07 Å². The van der Waals surface area contributed by atoms with E-state index in [0.717, 1.165) is 28.4 Å². The molecule has 2 aromatic heterocycles. The van der Waals surface area contributed by atoms with Crippen LogP contribution in [0.3, 0.4) is 0 Å². The van der Waals surface area contributed by atoms with Gasteiger partial charge >= 0.3 is 0 Å². The largest absolute Gasteiger partial charge is 0.351 e. The van der Waals surface area contributed by atoms with Crippen molar-refractivity contribution in [3.63, 3.8) is 0 Å². The molecule has 2 amide bonds. The van der Waals surface area contributed by atoms with E-state index in [1.807, 2.05) is 51.6 Å². The van der Waals surface area contributed by atoms with Crippen LogP contribution in [-0.2, 0) is 0 Å². The van der Waals surface area contributed by atoms with Gasteiger partial charge < -0.3 is 14.5 Å². The summed E-state index contributed by atoms with van der Waals surface area (Å²) in [7, 11) is 0. The zero-order valence-electron chi connectivity index (χ0n) is 17.8. The standard InChI is InChI=1S/C24H25N5O2/c1-14(2)28-19-7-5-4-6-18(19)26-24(28)27-22(30)17-9-8-16-12-21-23(31)25-11-10-15(3)29(21)20(16)13-17/h4-9,12-15H,10-11H2,1-3H3,(H,25,31)(H,26,27,30)/t15-/m1/s1. The van der Waals surface area contributed by atoms with Crippen molar-refractivity contribution in [2.24, 2.45) is 0 Å². The van der Waals surface area contributed by atoms with E-state index in [9.17, 15) is 9.59 Å². The number of nitrogens with one attached hydrogen (secondary N) is 2. The lowest BCUT2D eigenvalue weighted by atomic mass is 10.1. The number of hydrogen-bond acceptors (Lipinski definition) is 3. The van der Waals surface area contributed by atoms with Crippen LogP contribution in [0.25, 0.3) is 21.9 Å². The number of para-hydroxylation sites is 2. The molecule has 7 nitrogen and oxygen atoms in total. The van der Waals surface area contributed by atoms with Gasteiger partial charge in [0, 0.05) is 35.1 Å². The first-order valence-electron chi connectivity index (χ1n) is 10.7. The topological polar surface area (TPSA) is 81.0 Å². The Kier molecular flexibility index (Phi) is 4.54. The van der Waals surface area contributed by atoms with E-state index in [4.69, 9.17) is 0 Å². The molecule has 1 aliphatic heterocycles. The van der Waals surface area contributed by atoms with Crippen LogP contribution < -0.4 is 10.6 Å². The summed E-state index contributed by atoms with van der Waals surface area (Å²) in [5.74, 6) is 0.237. The number of rotatable bonds is 3. The normalized spacial score (nSPS) is 16.4. The van der Waals surface area contributed by atoms with Gasteiger partial charge in [-0.3, -0.25) is 14.9 Å². The summed E-state index contributed by atoms with van der Waals surface area (Å²) in [6, 6.07) is 15.6. The number of aromatic nitrogens is 3. The Labute approximate surface area is 180 Å². The Balaban J connectivity index is 1.55. The lowest BCUT2D eigenvalue weighted by molar-refractivity contribution is 0.0950. The second-order valence-electron chi connectivity index (χ2n) is 8.41. The summed E-state index contributed by atoms with van der Waals surface area (Å²) in [6.45, 7) is 6.88. The van der Waals surface area contributed by atoms with E-state index >= 15 is 0 Å². The van der Waals surface area contributed by atoms with Gasteiger partial charge in [0.15, 0.2) is 0 Å². The molecular formula is C24H25N5O2. The second kappa shape index (κ2) is 7.27. The molecular weight excluding hydrogens is 390 g/mol. The lowest BCUT2D eigenvalue weighted by Crippen LogP contribution is -2.22. The predicted molar refractivity (Wildman–Crippen MR) is 122 cm³/mol. The highest BCUT2D eigenvalue weighted by atomic mass is 16.2.